The molecular weight excluding hydrogens is 278 g/mol. The van der Waals surface area contributed by atoms with Crippen molar-refractivity contribution in [2.45, 2.75) is 19.4 Å². The Bertz CT molecular complexity index is 740. The first kappa shape index (κ1) is 12.3. The highest BCUT2D eigenvalue weighted by molar-refractivity contribution is 7.29. The van der Waals surface area contributed by atoms with Crippen molar-refractivity contribution in [1.82, 2.24) is 0 Å². The number of hydrogen-bond acceptors (Lipinski definition) is 4. The molecule has 0 bridgehead atoms. The average molecular weight is 289 g/mol. The summed E-state index contributed by atoms with van der Waals surface area (Å²) < 4.78 is 7.75. The van der Waals surface area contributed by atoms with Crippen molar-refractivity contribution in [3.63, 3.8) is 0 Å². The molecule has 3 nitrogen and oxygen atoms in total. The Morgan fingerprint density at radius 1 is 1.32 bits per heavy atom. The van der Waals surface area contributed by atoms with Gasteiger partial charge in [-0.05, 0) is 19.9 Å². The molecule has 3 rings (SSSR count). The first-order chi connectivity index (χ1) is 8.92. The van der Waals surface area contributed by atoms with Crippen molar-refractivity contribution >= 4 is 37.6 Å². The van der Waals surface area contributed by atoms with Gasteiger partial charge in [-0.3, -0.25) is 0 Å². The Labute approximate surface area is 118 Å². The molecule has 5 heteroatoms. The topological polar surface area (TPSA) is 33.8 Å². The van der Waals surface area contributed by atoms with Gasteiger partial charge in [-0.2, -0.15) is 0 Å². The van der Waals surface area contributed by atoms with Gasteiger partial charge in [-0.15, -0.1) is 11.3 Å². The largest absolute Gasteiger partial charge is 0.499 e. The molecule has 0 amide bonds. The molecule has 96 valence electrons. The molecule has 0 atom stereocenters. The molecular formula is C14H11NO2S2. The Morgan fingerprint density at radius 3 is 2.63 bits per heavy atom. The van der Waals surface area contributed by atoms with Crippen LogP contribution in [0.25, 0.3) is 19.8 Å². The number of aromatic hydroxyl groups is 1. The van der Waals surface area contributed by atoms with E-state index in [0.717, 1.165) is 19.9 Å². The predicted octanol–water partition coefficient (Wildman–Crippen LogP) is 4.62. The van der Waals surface area contributed by atoms with E-state index in [1.165, 1.54) is 11.3 Å². The molecule has 2 aromatic rings. The Hall–Kier alpha value is -1.77. The van der Waals surface area contributed by atoms with Crippen molar-refractivity contribution < 1.29 is 9.84 Å². The van der Waals surface area contributed by atoms with E-state index in [-0.39, 0.29) is 0 Å². The molecule has 0 spiro atoms. The average Bonchev–Trinajstić information content (AvgIpc) is 2.86. The second kappa shape index (κ2) is 3.86. The van der Waals surface area contributed by atoms with E-state index < -0.39 is 5.60 Å². The number of hydrogen-bond donors (Lipinski definition) is 1. The zero-order valence-electron chi connectivity index (χ0n) is 10.5. The normalized spacial score (nSPS) is 17.8. The van der Waals surface area contributed by atoms with Gasteiger partial charge in [-0.1, -0.05) is 17.9 Å². The molecule has 0 unspecified atom stereocenters. The fraction of sp³-hybridized carbons (Fsp3) is 0.214. The van der Waals surface area contributed by atoms with Gasteiger partial charge in [0.25, 0.3) is 0 Å². The second-order valence-electron chi connectivity index (χ2n) is 4.79. The maximum absolute atomic E-state index is 9.47. The molecule has 3 heterocycles. The van der Waals surface area contributed by atoms with E-state index >= 15 is 0 Å². The lowest BCUT2D eigenvalue weighted by Crippen LogP contribution is -2.20. The first-order valence-corrected chi connectivity index (χ1v) is 7.29. The van der Waals surface area contributed by atoms with Crippen LogP contribution in [0, 0.1) is 6.57 Å². The molecule has 1 aliphatic heterocycles. The highest BCUT2D eigenvalue weighted by Gasteiger charge is 2.39. The number of rotatable bonds is 1. The van der Waals surface area contributed by atoms with E-state index in [0.29, 0.717) is 16.5 Å². The quantitative estimate of drug-likeness (QED) is 0.777. The first-order valence-electron chi connectivity index (χ1n) is 5.65. The highest BCUT2D eigenvalue weighted by Crippen LogP contribution is 2.48. The zero-order valence-corrected chi connectivity index (χ0v) is 12.1. The third kappa shape index (κ3) is 1.76. The van der Waals surface area contributed by atoms with Crippen LogP contribution in [-0.2, 0) is 4.74 Å². The van der Waals surface area contributed by atoms with Gasteiger partial charge in [-0.25, -0.2) is 4.85 Å². The molecule has 19 heavy (non-hydrogen) atoms. The molecule has 0 saturated heterocycles. The smallest absolute Gasteiger partial charge is 0.235 e. The van der Waals surface area contributed by atoms with E-state index in [9.17, 15) is 5.11 Å². The molecule has 1 N–H and O–H groups in total. The van der Waals surface area contributed by atoms with Crippen molar-refractivity contribution in [3.8, 4) is 5.06 Å². The van der Waals surface area contributed by atoms with E-state index in [1.807, 2.05) is 19.9 Å². The molecule has 1 aliphatic rings. The minimum atomic E-state index is -0.536. The molecule has 0 aromatic carbocycles. The highest BCUT2D eigenvalue weighted by atomic mass is 32.1. The second-order valence-corrected chi connectivity index (χ2v) is 6.94. The van der Waals surface area contributed by atoms with Crippen molar-refractivity contribution in [2.24, 2.45) is 0 Å². The van der Waals surface area contributed by atoms with Crippen LogP contribution in [0.3, 0.4) is 0 Å². The molecule has 0 fully saturated rings. The fourth-order valence-electron chi connectivity index (χ4n) is 2.31. The zero-order chi connectivity index (χ0) is 13.8. The maximum Gasteiger partial charge on any atom is 0.235 e. The van der Waals surface area contributed by atoms with Gasteiger partial charge < -0.3 is 9.84 Å². The molecule has 0 aliphatic carbocycles. The summed E-state index contributed by atoms with van der Waals surface area (Å²) in [7, 11) is 0. The Kier molecular flexibility index (Phi) is 2.49. The third-order valence-electron chi connectivity index (χ3n) is 3.03. The van der Waals surface area contributed by atoms with Crippen molar-refractivity contribution in [3.05, 3.63) is 46.5 Å². The third-order valence-corrected chi connectivity index (χ3v) is 5.15. The molecule has 2 aromatic heterocycles. The number of fused-ring (bicyclic) bond motifs is 1. The van der Waals surface area contributed by atoms with Crippen LogP contribution in [0.4, 0.5) is 0 Å². The summed E-state index contributed by atoms with van der Waals surface area (Å²) in [5.41, 5.74) is 0.856. The van der Waals surface area contributed by atoms with Gasteiger partial charge in [0.05, 0.1) is 6.57 Å². The van der Waals surface area contributed by atoms with Crippen LogP contribution in [0.1, 0.15) is 18.7 Å². The number of ether oxygens (including phenoxy) is 1. The monoisotopic (exact) mass is 289 g/mol. The summed E-state index contributed by atoms with van der Waals surface area (Å²) >= 11 is 2.91. The van der Waals surface area contributed by atoms with E-state index in [4.69, 9.17) is 11.3 Å². The Morgan fingerprint density at radius 2 is 2.00 bits per heavy atom. The van der Waals surface area contributed by atoms with Gasteiger partial charge in [0.1, 0.15) is 11.4 Å². The SMILES string of the molecule is [C-]#[N+]C1=C(c2cc3sc(O)cc3s2)C(C)(C)OC1=C. The lowest BCUT2D eigenvalue weighted by Gasteiger charge is -2.22. The summed E-state index contributed by atoms with van der Waals surface area (Å²) in [6, 6.07) is 3.76. The minimum Gasteiger partial charge on any atom is -0.499 e. The van der Waals surface area contributed by atoms with Crippen LogP contribution >= 0.6 is 22.7 Å². The van der Waals surface area contributed by atoms with Gasteiger partial charge >= 0.3 is 0 Å². The van der Waals surface area contributed by atoms with Crippen molar-refractivity contribution in [1.29, 1.82) is 0 Å². The van der Waals surface area contributed by atoms with Crippen molar-refractivity contribution in [2.75, 3.05) is 0 Å². The lowest BCUT2D eigenvalue weighted by molar-refractivity contribution is 0.111. The number of thiophene rings is 2. The van der Waals surface area contributed by atoms with Crippen LogP contribution in [0.15, 0.2) is 30.2 Å². The Balaban J connectivity index is 2.23. The summed E-state index contributed by atoms with van der Waals surface area (Å²) in [6.07, 6.45) is 0. The van der Waals surface area contributed by atoms with Crippen LogP contribution in [0.2, 0.25) is 0 Å². The predicted molar refractivity (Wildman–Crippen MR) is 79.2 cm³/mol. The summed E-state index contributed by atoms with van der Waals surface area (Å²) in [6.45, 7) is 15.0. The standard InChI is InChI=1S/C14H11NO2S2/c1-7-13(15-4)12(14(2,3)17-7)10-5-8-9(18-10)6-11(16)19-8/h5-6,16H,1H2,2-3H3. The lowest BCUT2D eigenvalue weighted by atomic mass is 9.97. The van der Waals surface area contributed by atoms with E-state index in [1.54, 1.807) is 17.4 Å². The minimum absolute atomic E-state index is 0.318. The van der Waals surface area contributed by atoms with E-state index in [2.05, 4.69) is 11.4 Å². The van der Waals surface area contributed by atoms with Crippen LogP contribution in [-0.4, -0.2) is 10.7 Å². The number of nitrogens with zero attached hydrogens (tertiary/aromatic N) is 1. The fourth-order valence-corrected chi connectivity index (χ4v) is 4.64. The van der Waals surface area contributed by atoms with Gasteiger partial charge in [0.2, 0.25) is 5.70 Å². The molecule has 0 radical (unpaired) electrons. The molecule has 0 saturated carbocycles. The maximum atomic E-state index is 9.47. The van der Waals surface area contributed by atoms with Crippen LogP contribution in [0.5, 0.6) is 5.06 Å². The summed E-state index contributed by atoms with van der Waals surface area (Å²) in [4.78, 5) is 4.57. The van der Waals surface area contributed by atoms with Gasteiger partial charge in [0.15, 0.2) is 5.06 Å². The van der Waals surface area contributed by atoms with Gasteiger partial charge in [0, 0.05) is 25.9 Å². The van der Waals surface area contributed by atoms with Crippen LogP contribution < -0.4 is 0 Å². The summed E-state index contributed by atoms with van der Waals surface area (Å²) in [5.74, 6) is 0.439. The summed E-state index contributed by atoms with van der Waals surface area (Å²) in [5, 5.41) is 9.79.